The average Bonchev–Trinajstić information content (AvgIpc) is 3.01. The summed E-state index contributed by atoms with van der Waals surface area (Å²) in [5, 5.41) is 0.139. The van der Waals surface area contributed by atoms with E-state index in [1.165, 1.54) is 6.07 Å². The predicted molar refractivity (Wildman–Crippen MR) is 99.3 cm³/mol. The van der Waals surface area contributed by atoms with Gasteiger partial charge in [-0.3, -0.25) is 9.59 Å². The lowest BCUT2D eigenvalue weighted by Gasteiger charge is -2.21. The van der Waals surface area contributed by atoms with Crippen molar-refractivity contribution in [1.29, 1.82) is 0 Å². The van der Waals surface area contributed by atoms with E-state index in [1.807, 2.05) is 11.8 Å². The van der Waals surface area contributed by atoms with Crippen molar-refractivity contribution in [2.75, 3.05) is 18.0 Å². The van der Waals surface area contributed by atoms with Gasteiger partial charge in [-0.05, 0) is 32.4 Å². The number of aromatic nitrogens is 3. The van der Waals surface area contributed by atoms with Crippen molar-refractivity contribution in [2.45, 2.75) is 32.9 Å². The van der Waals surface area contributed by atoms with Gasteiger partial charge < -0.3 is 20.2 Å². The first kappa shape index (κ1) is 16.7. The third kappa shape index (κ3) is 2.40. The van der Waals surface area contributed by atoms with Gasteiger partial charge in [0.05, 0.1) is 11.2 Å². The molecule has 0 amide bonds. The number of nitrogens with zero attached hydrogens (tertiary/aromatic N) is 3. The number of nitrogens with one attached hydrogen (secondary N) is 1. The monoisotopic (exact) mass is 357 g/mol. The quantitative estimate of drug-likeness (QED) is 0.673. The van der Waals surface area contributed by atoms with E-state index < -0.39 is 16.8 Å². The number of aryl methyl sites for hydroxylation is 2. The summed E-state index contributed by atoms with van der Waals surface area (Å²) in [5.41, 5.74) is 6.25. The topological polar surface area (TPSA) is 97.0 Å². The maximum Gasteiger partial charge on any atom is 0.264 e. The lowest BCUT2D eigenvalue weighted by molar-refractivity contribution is 0.623. The molecule has 1 fully saturated rings. The molecule has 3 heterocycles. The molecule has 1 atom stereocenters. The van der Waals surface area contributed by atoms with Crippen LogP contribution in [0.4, 0.5) is 10.1 Å². The summed E-state index contributed by atoms with van der Waals surface area (Å²) in [6.07, 6.45) is 0.798. The van der Waals surface area contributed by atoms with Crippen molar-refractivity contribution in [3.8, 4) is 0 Å². The van der Waals surface area contributed by atoms with E-state index in [0.29, 0.717) is 42.3 Å². The summed E-state index contributed by atoms with van der Waals surface area (Å²) >= 11 is 0. The van der Waals surface area contributed by atoms with Gasteiger partial charge >= 0.3 is 0 Å². The Labute approximate surface area is 148 Å². The molecule has 1 unspecified atom stereocenters. The maximum atomic E-state index is 14.7. The molecule has 1 aromatic carbocycles. The third-order valence-electron chi connectivity index (χ3n) is 4.98. The van der Waals surface area contributed by atoms with E-state index in [4.69, 9.17) is 5.73 Å². The van der Waals surface area contributed by atoms with Crippen LogP contribution in [0.15, 0.2) is 21.7 Å². The van der Waals surface area contributed by atoms with E-state index in [1.54, 1.807) is 17.6 Å². The van der Waals surface area contributed by atoms with Gasteiger partial charge in [0.1, 0.15) is 17.0 Å². The normalized spacial score (nSPS) is 17.5. The summed E-state index contributed by atoms with van der Waals surface area (Å²) in [5.74, 6) is -0.0569. The smallest absolute Gasteiger partial charge is 0.264 e. The minimum Gasteiger partial charge on any atom is -0.367 e. The number of halogens is 1. The zero-order chi connectivity index (χ0) is 18.6. The van der Waals surface area contributed by atoms with Gasteiger partial charge in [-0.2, -0.15) is 0 Å². The Kier molecular flexibility index (Phi) is 3.80. The van der Waals surface area contributed by atoms with Gasteiger partial charge in [0.2, 0.25) is 5.43 Å². The molecule has 0 aliphatic carbocycles. The van der Waals surface area contributed by atoms with Gasteiger partial charge in [0.15, 0.2) is 5.65 Å². The standard InChI is InChI=1S/C18H20FN5O2/c1-3-24-13-7-14(23-5-4-10(20)8-23)12(19)6-11(13)16(25)15-17(24)21-9(2)22-18(15)26/h6-7,10H,3-5,8,20H2,1-2H3,(H,21,22,26). The predicted octanol–water partition coefficient (Wildman–Crippen LogP) is 1.24. The number of nitrogens with two attached hydrogens (primary N) is 1. The Bertz CT molecular complexity index is 1150. The number of anilines is 1. The van der Waals surface area contributed by atoms with Crippen LogP contribution in [0.1, 0.15) is 19.2 Å². The van der Waals surface area contributed by atoms with E-state index >= 15 is 0 Å². The van der Waals surface area contributed by atoms with Gasteiger partial charge in [0.25, 0.3) is 5.56 Å². The molecule has 3 aromatic rings. The number of hydrogen-bond donors (Lipinski definition) is 2. The molecule has 1 aliphatic rings. The Balaban J connectivity index is 2.11. The molecule has 8 heteroatoms. The second kappa shape index (κ2) is 5.91. The van der Waals surface area contributed by atoms with Crippen LogP contribution in [0.2, 0.25) is 0 Å². The number of benzene rings is 1. The Morgan fingerprint density at radius 3 is 2.81 bits per heavy atom. The molecule has 0 radical (unpaired) electrons. The second-order valence-electron chi connectivity index (χ2n) is 6.74. The Morgan fingerprint density at radius 1 is 1.38 bits per heavy atom. The molecule has 2 aromatic heterocycles. The van der Waals surface area contributed by atoms with Crippen LogP contribution in [0.3, 0.4) is 0 Å². The fourth-order valence-corrected chi connectivity index (χ4v) is 3.74. The fourth-order valence-electron chi connectivity index (χ4n) is 3.74. The molecule has 26 heavy (non-hydrogen) atoms. The van der Waals surface area contributed by atoms with Crippen LogP contribution >= 0.6 is 0 Å². The van der Waals surface area contributed by atoms with Gasteiger partial charge in [-0.1, -0.05) is 0 Å². The van der Waals surface area contributed by atoms with E-state index in [2.05, 4.69) is 9.97 Å². The first-order valence-corrected chi connectivity index (χ1v) is 8.68. The number of aromatic amines is 1. The summed E-state index contributed by atoms with van der Waals surface area (Å²) in [6, 6.07) is 2.91. The van der Waals surface area contributed by atoms with E-state index in [9.17, 15) is 14.0 Å². The Hall–Kier alpha value is -2.74. The molecular formula is C18H20FN5O2. The number of hydrogen-bond acceptors (Lipinski definition) is 5. The average molecular weight is 357 g/mol. The minimum atomic E-state index is -0.503. The highest BCUT2D eigenvalue weighted by Gasteiger charge is 2.24. The summed E-state index contributed by atoms with van der Waals surface area (Å²) in [4.78, 5) is 34.0. The first-order chi connectivity index (χ1) is 12.4. The van der Waals surface area contributed by atoms with Crippen LogP contribution in [0, 0.1) is 12.7 Å². The molecule has 0 spiro atoms. The molecular weight excluding hydrogens is 337 g/mol. The molecule has 7 nitrogen and oxygen atoms in total. The number of fused-ring (bicyclic) bond motifs is 2. The zero-order valence-corrected chi connectivity index (χ0v) is 14.7. The van der Waals surface area contributed by atoms with Gasteiger partial charge in [-0.25, -0.2) is 9.37 Å². The van der Waals surface area contributed by atoms with Crippen molar-refractivity contribution < 1.29 is 4.39 Å². The second-order valence-corrected chi connectivity index (χ2v) is 6.74. The number of pyridine rings is 1. The van der Waals surface area contributed by atoms with Crippen LogP contribution in [0.5, 0.6) is 0 Å². The summed E-state index contributed by atoms with van der Waals surface area (Å²) < 4.78 is 16.5. The molecule has 1 saturated heterocycles. The van der Waals surface area contributed by atoms with Crippen molar-refractivity contribution >= 4 is 27.6 Å². The van der Waals surface area contributed by atoms with Crippen molar-refractivity contribution in [3.63, 3.8) is 0 Å². The molecule has 1 aliphatic heterocycles. The van der Waals surface area contributed by atoms with Gasteiger partial charge in [0, 0.05) is 31.1 Å². The maximum absolute atomic E-state index is 14.7. The van der Waals surface area contributed by atoms with Crippen LogP contribution in [0.25, 0.3) is 21.9 Å². The van der Waals surface area contributed by atoms with E-state index in [-0.39, 0.29) is 16.8 Å². The largest absolute Gasteiger partial charge is 0.367 e. The van der Waals surface area contributed by atoms with Gasteiger partial charge in [-0.15, -0.1) is 0 Å². The van der Waals surface area contributed by atoms with Crippen molar-refractivity contribution in [1.82, 2.24) is 14.5 Å². The highest BCUT2D eigenvalue weighted by Crippen LogP contribution is 2.28. The van der Waals surface area contributed by atoms with Crippen LogP contribution < -0.4 is 21.6 Å². The molecule has 3 N–H and O–H groups in total. The highest BCUT2D eigenvalue weighted by atomic mass is 19.1. The zero-order valence-electron chi connectivity index (χ0n) is 14.7. The van der Waals surface area contributed by atoms with E-state index in [0.717, 1.165) is 6.42 Å². The SMILES string of the molecule is CCn1c2cc(N3CCC(N)C3)c(F)cc2c(=O)c2c(=O)[nH]c(C)nc21. The molecule has 0 bridgehead atoms. The molecule has 136 valence electrons. The Morgan fingerprint density at radius 2 is 2.15 bits per heavy atom. The lowest BCUT2D eigenvalue weighted by Crippen LogP contribution is -2.27. The number of rotatable bonds is 2. The minimum absolute atomic E-state index is 0.0120. The highest BCUT2D eigenvalue weighted by molar-refractivity contribution is 5.93. The van der Waals surface area contributed by atoms with Crippen LogP contribution in [-0.2, 0) is 6.54 Å². The fraction of sp³-hybridized carbons (Fsp3) is 0.389. The van der Waals surface area contributed by atoms with Crippen molar-refractivity contribution in [3.05, 3.63) is 44.4 Å². The molecule has 4 rings (SSSR count). The first-order valence-electron chi connectivity index (χ1n) is 8.68. The third-order valence-corrected chi connectivity index (χ3v) is 4.98. The van der Waals surface area contributed by atoms with Crippen LogP contribution in [-0.4, -0.2) is 33.7 Å². The summed E-state index contributed by atoms with van der Waals surface area (Å²) in [6.45, 7) is 5.30. The van der Waals surface area contributed by atoms with Crippen molar-refractivity contribution in [2.24, 2.45) is 5.73 Å². The summed E-state index contributed by atoms with van der Waals surface area (Å²) in [7, 11) is 0. The number of H-pyrrole nitrogens is 1. The molecule has 0 saturated carbocycles. The lowest BCUT2D eigenvalue weighted by atomic mass is 10.1.